The second kappa shape index (κ2) is 6.60. The van der Waals surface area contributed by atoms with Crippen molar-refractivity contribution in [3.05, 3.63) is 11.9 Å². The van der Waals surface area contributed by atoms with E-state index < -0.39 is 0 Å². The summed E-state index contributed by atoms with van der Waals surface area (Å²) in [5, 5.41) is 9.41. The number of aliphatic hydroxyl groups is 1. The Morgan fingerprint density at radius 3 is 2.48 bits per heavy atom. The molecule has 2 rings (SSSR count). The van der Waals surface area contributed by atoms with E-state index in [-0.39, 0.29) is 12.0 Å². The summed E-state index contributed by atoms with van der Waals surface area (Å²) in [5.74, 6) is 2.12. The van der Waals surface area contributed by atoms with E-state index in [9.17, 15) is 5.11 Å². The highest BCUT2D eigenvalue weighted by Gasteiger charge is 2.25. The standard InChI is InChI=1S/C16H28N4O/c1-16(2,3)15-18-13(17)11-14(19-15)20(9-10-21)12-7-5-4-6-8-12/h11-12,21H,4-10H2,1-3H3,(H2,17,18,19). The molecule has 0 bridgehead atoms. The molecule has 1 saturated carbocycles. The Balaban J connectivity index is 2.32. The van der Waals surface area contributed by atoms with Crippen LogP contribution in [0.2, 0.25) is 0 Å². The molecule has 0 radical (unpaired) electrons. The number of anilines is 2. The van der Waals surface area contributed by atoms with Crippen LogP contribution in [0.25, 0.3) is 0 Å². The van der Waals surface area contributed by atoms with Crippen LogP contribution in [0.4, 0.5) is 11.6 Å². The maximum atomic E-state index is 9.41. The molecule has 0 amide bonds. The number of nitrogen functional groups attached to an aromatic ring is 1. The van der Waals surface area contributed by atoms with Crippen LogP contribution in [0.5, 0.6) is 0 Å². The first-order valence-electron chi connectivity index (χ1n) is 7.94. The molecule has 0 spiro atoms. The van der Waals surface area contributed by atoms with E-state index in [1.807, 2.05) is 6.07 Å². The molecule has 0 aromatic carbocycles. The lowest BCUT2D eigenvalue weighted by Gasteiger charge is -2.35. The first kappa shape index (κ1) is 16.0. The van der Waals surface area contributed by atoms with Crippen molar-refractivity contribution < 1.29 is 5.11 Å². The molecule has 1 fully saturated rings. The largest absolute Gasteiger partial charge is 0.395 e. The van der Waals surface area contributed by atoms with E-state index in [4.69, 9.17) is 10.7 Å². The third kappa shape index (κ3) is 4.06. The van der Waals surface area contributed by atoms with E-state index in [0.717, 1.165) is 24.5 Å². The quantitative estimate of drug-likeness (QED) is 0.891. The lowest BCUT2D eigenvalue weighted by molar-refractivity contribution is 0.289. The van der Waals surface area contributed by atoms with E-state index in [1.165, 1.54) is 19.3 Å². The number of rotatable bonds is 4. The van der Waals surface area contributed by atoms with Gasteiger partial charge in [-0.3, -0.25) is 0 Å². The average Bonchev–Trinajstić information content (AvgIpc) is 2.44. The number of nitrogens with two attached hydrogens (primary N) is 1. The van der Waals surface area contributed by atoms with E-state index in [0.29, 0.717) is 18.4 Å². The van der Waals surface area contributed by atoms with E-state index in [2.05, 4.69) is 30.7 Å². The molecule has 1 aromatic rings. The van der Waals surface area contributed by atoms with E-state index in [1.54, 1.807) is 0 Å². The summed E-state index contributed by atoms with van der Waals surface area (Å²) in [6.45, 7) is 6.99. The lowest BCUT2D eigenvalue weighted by Crippen LogP contribution is -2.40. The molecule has 5 nitrogen and oxygen atoms in total. The van der Waals surface area contributed by atoms with Gasteiger partial charge < -0.3 is 15.7 Å². The maximum Gasteiger partial charge on any atom is 0.138 e. The van der Waals surface area contributed by atoms with Gasteiger partial charge in [0.2, 0.25) is 0 Å². The molecule has 0 aliphatic heterocycles. The van der Waals surface area contributed by atoms with Gasteiger partial charge in [-0.2, -0.15) is 0 Å². The zero-order valence-electron chi connectivity index (χ0n) is 13.5. The number of aliphatic hydroxyl groups excluding tert-OH is 1. The fraction of sp³-hybridized carbons (Fsp3) is 0.750. The van der Waals surface area contributed by atoms with Crippen molar-refractivity contribution in [3.63, 3.8) is 0 Å². The Hall–Kier alpha value is -1.36. The summed E-state index contributed by atoms with van der Waals surface area (Å²) in [7, 11) is 0. The van der Waals surface area contributed by atoms with Gasteiger partial charge in [-0.25, -0.2) is 9.97 Å². The zero-order valence-corrected chi connectivity index (χ0v) is 13.5. The molecule has 21 heavy (non-hydrogen) atoms. The van der Waals surface area contributed by atoms with Gasteiger partial charge in [0.05, 0.1) is 6.61 Å². The van der Waals surface area contributed by atoms with Crippen LogP contribution in [0.15, 0.2) is 6.07 Å². The summed E-state index contributed by atoms with van der Waals surface area (Å²) in [5.41, 5.74) is 5.84. The molecule has 1 aliphatic rings. The predicted molar refractivity (Wildman–Crippen MR) is 86.4 cm³/mol. The summed E-state index contributed by atoms with van der Waals surface area (Å²) >= 11 is 0. The molecular weight excluding hydrogens is 264 g/mol. The van der Waals surface area contributed by atoms with Crippen molar-refractivity contribution in [2.45, 2.75) is 64.3 Å². The van der Waals surface area contributed by atoms with Crippen molar-refractivity contribution in [3.8, 4) is 0 Å². The Labute approximate surface area is 127 Å². The lowest BCUT2D eigenvalue weighted by atomic mass is 9.94. The van der Waals surface area contributed by atoms with Crippen LogP contribution >= 0.6 is 0 Å². The first-order valence-corrected chi connectivity index (χ1v) is 7.94. The Morgan fingerprint density at radius 2 is 1.90 bits per heavy atom. The van der Waals surface area contributed by atoms with E-state index >= 15 is 0 Å². The second-order valence-corrected chi connectivity index (χ2v) is 6.93. The van der Waals surface area contributed by atoms with Crippen LogP contribution in [0.1, 0.15) is 58.7 Å². The first-order chi connectivity index (χ1) is 9.91. The van der Waals surface area contributed by atoms with Crippen LogP contribution in [-0.2, 0) is 5.41 Å². The summed E-state index contributed by atoms with van der Waals surface area (Å²) in [4.78, 5) is 11.3. The minimum absolute atomic E-state index is 0.130. The smallest absolute Gasteiger partial charge is 0.138 e. The van der Waals surface area contributed by atoms with Crippen LogP contribution < -0.4 is 10.6 Å². The van der Waals surface area contributed by atoms with Gasteiger partial charge in [0.15, 0.2) is 0 Å². The van der Waals surface area contributed by atoms with Crippen LogP contribution in [0, 0.1) is 0 Å². The number of aromatic nitrogens is 2. The topological polar surface area (TPSA) is 75.3 Å². The fourth-order valence-corrected chi connectivity index (χ4v) is 2.92. The molecule has 0 unspecified atom stereocenters. The number of nitrogens with zero attached hydrogens (tertiary/aromatic N) is 3. The summed E-state index contributed by atoms with van der Waals surface area (Å²) in [6.07, 6.45) is 6.13. The van der Waals surface area contributed by atoms with Gasteiger partial charge in [0, 0.05) is 24.1 Å². The zero-order chi connectivity index (χ0) is 15.5. The predicted octanol–water partition coefficient (Wildman–Crippen LogP) is 2.49. The van der Waals surface area contributed by atoms with Gasteiger partial charge in [-0.05, 0) is 12.8 Å². The van der Waals surface area contributed by atoms with Gasteiger partial charge in [0.1, 0.15) is 17.5 Å². The second-order valence-electron chi connectivity index (χ2n) is 6.93. The summed E-state index contributed by atoms with van der Waals surface area (Å²) < 4.78 is 0. The SMILES string of the molecule is CC(C)(C)c1nc(N)cc(N(CCO)C2CCCCC2)n1. The molecule has 118 valence electrons. The van der Waals surface area contributed by atoms with Gasteiger partial charge in [-0.15, -0.1) is 0 Å². The molecule has 1 heterocycles. The maximum absolute atomic E-state index is 9.41. The highest BCUT2D eigenvalue weighted by Crippen LogP contribution is 2.28. The molecule has 1 aromatic heterocycles. The Bertz CT molecular complexity index is 464. The minimum atomic E-state index is -0.137. The van der Waals surface area contributed by atoms with Crippen molar-refractivity contribution in [1.29, 1.82) is 0 Å². The Morgan fingerprint density at radius 1 is 1.24 bits per heavy atom. The Kier molecular flexibility index (Phi) is 5.04. The van der Waals surface area contributed by atoms with Crippen molar-refractivity contribution in [2.24, 2.45) is 0 Å². The number of hydrogen-bond acceptors (Lipinski definition) is 5. The van der Waals surface area contributed by atoms with Crippen molar-refractivity contribution in [1.82, 2.24) is 9.97 Å². The van der Waals surface area contributed by atoms with Crippen molar-refractivity contribution >= 4 is 11.6 Å². The third-order valence-electron chi connectivity index (χ3n) is 4.05. The van der Waals surface area contributed by atoms with Gasteiger partial charge in [-0.1, -0.05) is 40.0 Å². The molecule has 0 atom stereocenters. The minimum Gasteiger partial charge on any atom is -0.395 e. The van der Waals surface area contributed by atoms with Crippen molar-refractivity contribution in [2.75, 3.05) is 23.8 Å². The van der Waals surface area contributed by atoms with Gasteiger partial charge >= 0.3 is 0 Å². The number of hydrogen-bond donors (Lipinski definition) is 2. The van der Waals surface area contributed by atoms with Crippen LogP contribution in [-0.4, -0.2) is 34.3 Å². The molecular formula is C16H28N4O. The summed E-state index contributed by atoms with van der Waals surface area (Å²) in [6, 6.07) is 2.28. The monoisotopic (exact) mass is 292 g/mol. The molecule has 0 saturated heterocycles. The average molecular weight is 292 g/mol. The highest BCUT2D eigenvalue weighted by molar-refractivity contribution is 5.48. The normalized spacial score (nSPS) is 17.0. The highest BCUT2D eigenvalue weighted by atomic mass is 16.3. The van der Waals surface area contributed by atoms with Crippen LogP contribution in [0.3, 0.4) is 0 Å². The van der Waals surface area contributed by atoms with Gasteiger partial charge in [0.25, 0.3) is 0 Å². The molecule has 5 heteroatoms. The third-order valence-corrected chi connectivity index (χ3v) is 4.05. The molecule has 3 N–H and O–H groups in total. The molecule has 1 aliphatic carbocycles. The fourth-order valence-electron chi connectivity index (χ4n) is 2.92.